The average molecular weight is 234 g/mol. The van der Waals surface area contributed by atoms with Crippen molar-refractivity contribution < 1.29 is 0 Å². The molecule has 80 valence electrons. The van der Waals surface area contributed by atoms with Gasteiger partial charge < -0.3 is 5.32 Å². The first kappa shape index (κ1) is 9.35. The zero-order valence-electron chi connectivity index (χ0n) is 8.48. The lowest BCUT2D eigenvalue weighted by atomic mass is 10.2. The molecule has 0 saturated heterocycles. The molecule has 3 aromatic rings. The number of halogens is 1. The van der Waals surface area contributed by atoms with Gasteiger partial charge >= 0.3 is 0 Å². The van der Waals surface area contributed by atoms with Gasteiger partial charge in [-0.1, -0.05) is 17.7 Å². The van der Waals surface area contributed by atoms with Crippen LogP contribution in [0.4, 0.5) is 5.69 Å². The molecule has 0 atom stereocenters. The summed E-state index contributed by atoms with van der Waals surface area (Å²) in [7, 11) is 1.84. The number of aromatic nitrogens is 4. The topological polar surface area (TPSA) is 55.1 Å². The predicted octanol–water partition coefficient (Wildman–Crippen LogP) is 1.97. The molecular formula is C10H8ClN5. The van der Waals surface area contributed by atoms with Gasteiger partial charge in [-0.25, -0.2) is 0 Å². The van der Waals surface area contributed by atoms with Crippen molar-refractivity contribution in [1.82, 2.24) is 20.0 Å². The highest BCUT2D eigenvalue weighted by molar-refractivity contribution is 6.31. The standard InChI is InChI=1S/C10H8ClN5/c1-12-8-4-6-2-3-7(11)5-9(6)16-10(8)13-14-15-16/h2-5,12H,1H3. The maximum atomic E-state index is 5.96. The monoisotopic (exact) mass is 233 g/mol. The van der Waals surface area contributed by atoms with Crippen LogP contribution in [-0.2, 0) is 0 Å². The summed E-state index contributed by atoms with van der Waals surface area (Å²) in [4.78, 5) is 0. The highest BCUT2D eigenvalue weighted by Crippen LogP contribution is 2.24. The van der Waals surface area contributed by atoms with Gasteiger partial charge in [0, 0.05) is 17.5 Å². The molecule has 3 rings (SSSR count). The number of hydrogen-bond acceptors (Lipinski definition) is 4. The third-order valence-corrected chi connectivity index (χ3v) is 2.74. The predicted molar refractivity (Wildman–Crippen MR) is 62.8 cm³/mol. The lowest BCUT2D eigenvalue weighted by Crippen LogP contribution is -1.97. The fraction of sp³-hybridized carbons (Fsp3) is 0.100. The zero-order chi connectivity index (χ0) is 11.1. The van der Waals surface area contributed by atoms with E-state index in [1.165, 1.54) is 0 Å². The summed E-state index contributed by atoms with van der Waals surface area (Å²) in [5.74, 6) is 0. The number of pyridine rings is 1. The molecule has 16 heavy (non-hydrogen) atoms. The number of anilines is 1. The van der Waals surface area contributed by atoms with Crippen molar-refractivity contribution in [3.63, 3.8) is 0 Å². The minimum absolute atomic E-state index is 0.668. The van der Waals surface area contributed by atoms with Gasteiger partial charge in [-0.3, -0.25) is 0 Å². The number of fused-ring (bicyclic) bond motifs is 3. The van der Waals surface area contributed by atoms with E-state index in [0.29, 0.717) is 10.7 Å². The second kappa shape index (κ2) is 3.31. The Morgan fingerprint density at radius 1 is 1.31 bits per heavy atom. The Balaban J connectivity index is 2.54. The lowest BCUT2D eigenvalue weighted by Gasteiger charge is -2.05. The smallest absolute Gasteiger partial charge is 0.202 e. The van der Waals surface area contributed by atoms with Crippen molar-refractivity contribution in [3.8, 4) is 0 Å². The molecule has 0 spiro atoms. The van der Waals surface area contributed by atoms with Crippen LogP contribution in [0.1, 0.15) is 0 Å². The molecule has 1 N–H and O–H groups in total. The van der Waals surface area contributed by atoms with E-state index in [1.807, 2.05) is 31.3 Å². The Bertz CT molecular complexity index is 675. The Kier molecular flexibility index (Phi) is 1.94. The Hall–Kier alpha value is -1.88. The van der Waals surface area contributed by atoms with E-state index < -0.39 is 0 Å². The summed E-state index contributed by atoms with van der Waals surface area (Å²) in [5.41, 5.74) is 2.48. The van der Waals surface area contributed by atoms with Gasteiger partial charge in [0.25, 0.3) is 0 Å². The molecule has 0 amide bonds. The molecule has 0 aliphatic carbocycles. The van der Waals surface area contributed by atoms with Gasteiger partial charge in [0.05, 0.1) is 11.2 Å². The fourth-order valence-corrected chi connectivity index (χ4v) is 1.91. The van der Waals surface area contributed by atoms with Crippen molar-refractivity contribution in [1.29, 1.82) is 0 Å². The number of nitrogens with one attached hydrogen (secondary N) is 1. The van der Waals surface area contributed by atoms with Crippen LogP contribution in [-0.4, -0.2) is 27.1 Å². The number of benzene rings is 1. The molecule has 0 unspecified atom stereocenters. The first-order valence-electron chi connectivity index (χ1n) is 4.78. The SMILES string of the molecule is CNc1cc2ccc(Cl)cc2n2nnnc12. The molecule has 6 heteroatoms. The summed E-state index contributed by atoms with van der Waals surface area (Å²) in [6, 6.07) is 7.64. The van der Waals surface area contributed by atoms with Crippen molar-refractivity contribution in [2.45, 2.75) is 0 Å². The second-order valence-corrected chi connectivity index (χ2v) is 3.86. The largest absolute Gasteiger partial charge is 0.385 e. The van der Waals surface area contributed by atoms with Gasteiger partial charge in [0.1, 0.15) is 0 Å². The molecule has 2 heterocycles. The van der Waals surface area contributed by atoms with Crippen molar-refractivity contribution in [3.05, 3.63) is 29.3 Å². The Labute approximate surface area is 96.0 Å². The van der Waals surface area contributed by atoms with Crippen LogP contribution in [0.25, 0.3) is 16.6 Å². The molecule has 5 nitrogen and oxygen atoms in total. The van der Waals surface area contributed by atoms with Gasteiger partial charge in [0.2, 0.25) is 5.65 Å². The quantitative estimate of drug-likeness (QED) is 0.698. The molecule has 0 saturated carbocycles. The summed E-state index contributed by atoms with van der Waals surface area (Å²) in [6.45, 7) is 0. The number of hydrogen-bond donors (Lipinski definition) is 1. The van der Waals surface area contributed by atoms with E-state index in [1.54, 1.807) is 4.52 Å². The average Bonchev–Trinajstić information content (AvgIpc) is 2.77. The number of nitrogens with zero attached hydrogens (tertiary/aromatic N) is 4. The van der Waals surface area contributed by atoms with E-state index in [9.17, 15) is 0 Å². The highest BCUT2D eigenvalue weighted by Gasteiger charge is 2.08. The highest BCUT2D eigenvalue weighted by atomic mass is 35.5. The molecule has 0 fully saturated rings. The van der Waals surface area contributed by atoms with Gasteiger partial charge in [-0.05, 0) is 28.6 Å². The van der Waals surface area contributed by atoms with Crippen LogP contribution in [0.3, 0.4) is 0 Å². The van der Waals surface area contributed by atoms with Crippen LogP contribution in [0.5, 0.6) is 0 Å². The van der Waals surface area contributed by atoms with Crippen LogP contribution < -0.4 is 5.32 Å². The zero-order valence-corrected chi connectivity index (χ0v) is 9.23. The van der Waals surface area contributed by atoms with E-state index >= 15 is 0 Å². The van der Waals surface area contributed by atoms with Crippen LogP contribution in [0.2, 0.25) is 5.02 Å². The van der Waals surface area contributed by atoms with Crippen molar-refractivity contribution in [2.24, 2.45) is 0 Å². The normalized spacial score (nSPS) is 11.1. The van der Waals surface area contributed by atoms with Crippen LogP contribution >= 0.6 is 11.6 Å². The fourth-order valence-electron chi connectivity index (χ4n) is 1.74. The molecule has 0 radical (unpaired) electrons. The Morgan fingerprint density at radius 3 is 3.00 bits per heavy atom. The molecule has 0 aliphatic heterocycles. The van der Waals surface area contributed by atoms with Crippen molar-refractivity contribution in [2.75, 3.05) is 12.4 Å². The maximum Gasteiger partial charge on any atom is 0.202 e. The molecule has 2 aromatic heterocycles. The van der Waals surface area contributed by atoms with E-state index in [0.717, 1.165) is 16.6 Å². The third kappa shape index (κ3) is 1.22. The summed E-state index contributed by atoms with van der Waals surface area (Å²) in [6.07, 6.45) is 0. The Morgan fingerprint density at radius 2 is 2.19 bits per heavy atom. The van der Waals surface area contributed by atoms with Gasteiger partial charge in [0.15, 0.2) is 0 Å². The third-order valence-electron chi connectivity index (χ3n) is 2.50. The molecule has 0 bridgehead atoms. The minimum atomic E-state index is 0.668. The number of rotatable bonds is 1. The van der Waals surface area contributed by atoms with Crippen molar-refractivity contribution >= 4 is 33.8 Å². The van der Waals surface area contributed by atoms with Crippen LogP contribution in [0.15, 0.2) is 24.3 Å². The molecular weight excluding hydrogens is 226 g/mol. The summed E-state index contributed by atoms with van der Waals surface area (Å²) >= 11 is 5.96. The number of tetrazole rings is 1. The van der Waals surface area contributed by atoms with Gasteiger partial charge in [-0.2, -0.15) is 4.52 Å². The first-order valence-corrected chi connectivity index (χ1v) is 5.15. The minimum Gasteiger partial charge on any atom is -0.385 e. The summed E-state index contributed by atoms with van der Waals surface area (Å²) < 4.78 is 1.67. The maximum absolute atomic E-state index is 5.96. The molecule has 0 aliphatic rings. The van der Waals surface area contributed by atoms with E-state index in [4.69, 9.17) is 11.6 Å². The van der Waals surface area contributed by atoms with Gasteiger partial charge in [-0.15, -0.1) is 5.10 Å². The lowest BCUT2D eigenvalue weighted by molar-refractivity contribution is 0.842. The van der Waals surface area contributed by atoms with E-state index in [-0.39, 0.29) is 0 Å². The van der Waals surface area contributed by atoms with Crippen LogP contribution in [0, 0.1) is 0 Å². The summed E-state index contributed by atoms with van der Waals surface area (Å²) in [5, 5.41) is 16.4. The molecule has 1 aromatic carbocycles. The second-order valence-electron chi connectivity index (χ2n) is 3.43. The van der Waals surface area contributed by atoms with E-state index in [2.05, 4.69) is 20.8 Å². The first-order chi connectivity index (χ1) is 7.79.